The number of rotatable bonds is 1. The highest BCUT2D eigenvalue weighted by Crippen LogP contribution is 2.44. The third kappa shape index (κ3) is 2.06. The number of imide groups is 1. The van der Waals surface area contributed by atoms with Crippen molar-refractivity contribution in [3.63, 3.8) is 0 Å². The summed E-state index contributed by atoms with van der Waals surface area (Å²) in [7, 11) is 0. The van der Waals surface area contributed by atoms with Gasteiger partial charge in [-0.3, -0.25) is 9.59 Å². The van der Waals surface area contributed by atoms with Gasteiger partial charge < -0.3 is 0 Å². The maximum atomic E-state index is 12.6. The first-order valence-corrected chi connectivity index (χ1v) is 7.85. The summed E-state index contributed by atoms with van der Waals surface area (Å²) in [4.78, 5) is 25.2. The van der Waals surface area contributed by atoms with Gasteiger partial charge in [0.2, 0.25) is 0 Å². The zero-order valence-corrected chi connectivity index (χ0v) is 13.5. The highest BCUT2D eigenvalue weighted by molar-refractivity contribution is 6.21. The number of nitrogens with zero attached hydrogens (tertiary/aromatic N) is 2. The van der Waals surface area contributed by atoms with Gasteiger partial charge in [0.1, 0.15) is 6.04 Å². The number of hydrazine groups is 1. The Morgan fingerprint density at radius 3 is 2.00 bits per heavy atom. The minimum absolute atomic E-state index is 0.167. The van der Waals surface area contributed by atoms with Crippen LogP contribution in [-0.2, 0) is 0 Å². The van der Waals surface area contributed by atoms with Crippen LogP contribution in [0, 0.1) is 11.8 Å². The van der Waals surface area contributed by atoms with E-state index in [4.69, 9.17) is 0 Å². The molecular formula is C20H16N2O2. The lowest BCUT2D eigenvalue weighted by molar-refractivity contribution is 0.0319. The monoisotopic (exact) mass is 316 g/mol. The van der Waals surface area contributed by atoms with Crippen molar-refractivity contribution in [2.45, 2.75) is 25.4 Å². The highest BCUT2D eigenvalue weighted by Gasteiger charge is 2.62. The molecule has 0 saturated carbocycles. The van der Waals surface area contributed by atoms with E-state index in [-0.39, 0.29) is 23.4 Å². The SMILES string of the molecule is CC1(C)C(C#Cc2ccccc2)N1N1C(=O)c2ccccc2C1=O. The lowest BCUT2D eigenvalue weighted by atomic mass is 10.1. The minimum Gasteiger partial charge on any atom is -0.267 e. The summed E-state index contributed by atoms with van der Waals surface area (Å²) in [5, 5.41) is 3.02. The van der Waals surface area contributed by atoms with Crippen LogP contribution in [0.3, 0.4) is 0 Å². The molecule has 0 bridgehead atoms. The topological polar surface area (TPSA) is 40.4 Å². The van der Waals surface area contributed by atoms with E-state index < -0.39 is 0 Å². The van der Waals surface area contributed by atoms with Gasteiger partial charge in [0.05, 0.1) is 16.7 Å². The van der Waals surface area contributed by atoms with E-state index in [2.05, 4.69) is 11.8 Å². The summed E-state index contributed by atoms with van der Waals surface area (Å²) in [6.07, 6.45) is 0. The first-order chi connectivity index (χ1) is 11.5. The number of fused-ring (bicyclic) bond motifs is 1. The van der Waals surface area contributed by atoms with Gasteiger partial charge in [-0.25, -0.2) is 0 Å². The van der Waals surface area contributed by atoms with Crippen LogP contribution in [0.2, 0.25) is 0 Å². The first kappa shape index (κ1) is 14.7. The molecule has 2 aliphatic heterocycles. The summed E-state index contributed by atoms with van der Waals surface area (Å²) in [5.74, 6) is 5.77. The van der Waals surface area contributed by atoms with Gasteiger partial charge in [0.25, 0.3) is 11.8 Å². The molecule has 2 atom stereocenters. The zero-order chi connectivity index (χ0) is 16.9. The largest absolute Gasteiger partial charge is 0.276 e. The third-order valence-corrected chi connectivity index (χ3v) is 4.55. The highest BCUT2D eigenvalue weighted by atomic mass is 16.2. The molecule has 1 fully saturated rings. The predicted octanol–water partition coefficient (Wildman–Crippen LogP) is 2.71. The first-order valence-electron chi connectivity index (χ1n) is 7.85. The van der Waals surface area contributed by atoms with E-state index in [1.807, 2.05) is 44.2 Å². The molecule has 1 saturated heterocycles. The van der Waals surface area contributed by atoms with Crippen LogP contribution in [0.25, 0.3) is 0 Å². The van der Waals surface area contributed by atoms with E-state index in [0.717, 1.165) is 5.56 Å². The van der Waals surface area contributed by atoms with E-state index in [1.54, 1.807) is 29.3 Å². The molecular weight excluding hydrogens is 300 g/mol. The molecule has 4 nitrogen and oxygen atoms in total. The number of carbonyl (C=O) groups excluding carboxylic acids is 2. The molecule has 0 radical (unpaired) electrons. The smallest absolute Gasteiger partial charge is 0.267 e. The summed E-state index contributed by atoms with van der Waals surface area (Å²) in [6.45, 7) is 3.97. The Balaban J connectivity index is 1.63. The Bertz CT molecular complexity index is 871. The molecule has 0 aromatic heterocycles. The summed E-state index contributed by atoms with van der Waals surface area (Å²) in [5.41, 5.74) is 1.48. The van der Waals surface area contributed by atoms with Gasteiger partial charge in [-0.1, -0.05) is 42.2 Å². The number of hydrogen-bond acceptors (Lipinski definition) is 3. The van der Waals surface area contributed by atoms with Gasteiger partial charge in [0, 0.05) is 5.56 Å². The Hall–Kier alpha value is -2.90. The lowest BCUT2D eigenvalue weighted by Gasteiger charge is -2.17. The maximum absolute atomic E-state index is 12.6. The van der Waals surface area contributed by atoms with E-state index in [1.165, 1.54) is 5.01 Å². The summed E-state index contributed by atoms with van der Waals surface area (Å²) >= 11 is 0. The molecule has 2 heterocycles. The quantitative estimate of drug-likeness (QED) is 0.461. The standard InChI is InChI=1S/C20H16N2O2/c1-20(2)17(13-12-14-8-4-3-5-9-14)22(20)21-18(23)15-10-6-7-11-16(15)19(21)24/h3-11,17H,1-2H3. The molecule has 0 aliphatic carbocycles. The average Bonchev–Trinajstić information content (AvgIpc) is 3.03. The van der Waals surface area contributed by atoms with Crippen molar-refractivity contribution in [3.05, 3.63) is 71.3 Å². The number of carbonyl (C=O) groups is 2. The molecule has 24 heavy (non-hydrogen) atoms. The van der Waals surface area contributed by atoms with Crippen molar-refractivity contribution in [1.82, 2.24) is 10.0 Å². The lowest BCUT2D eigenvalue weighted by Crippen LogP contribution is -2.38. The van der Waals surface area contributed by atoms with Crippen LogP contribution in [0.5, 0.6) is 0 Å². The van der Waals surface area contributed by atoms with Crippen LogP contribution in [0.15, 0.2) is 54.6 Å². The fourth-order valence-corrected chi connectivity index (χ4v) is 3.12. The molecule has 4 heteroatoms. The van der Waals surface area contributed by atoms with Gasteiger partial charge in [-0.15, -0.1) is 0 Å². The van der Waals surface area contributed by atoms with Crippen molar-refractivity contribution < 1.29 is 9.59 Å². The molecule has 4 rings (SSSR count). The Kier molecular flexibility index (Phi) is 3.09. The third-order valence-electron chi connectivity index (χ3n) is 4.55. The number of amides is 2. The molecule has 2 aromatic carbocycles. The molecule has 2 unspecified atom stereocenters. The van der Waals surface area contributed by atoms with Gasteiger partial charge in [-0.2, -0.15) is 10.0 Å². The van der Waals surface area contributed by atoms with Crippen molar-refractivity contribution in [3.8, 4) is 11.8 Å². The van der Waals surface area contributed by atoms with Crippen molar-refractivity contribution in [2.24, 2.45) is 0 Å². The fraction of sp³-hybridized carbons (Fsp3) is 0.200. The minimum atomic E-state index is -0.352. The molecule has 0 spiro atoms. The second-order valence-corrected chi connectivity index (χ2v) is 6.50. The number of hydrogen-bond donors (Lipinski definition) is 0. The second-order valence-electron chi connectivity index (χ2n) is 6.50. The van der Waals surface area contributed by atoms with E-state index in [9.17, 15) is 9.59 Å². The Morgan fingerprint density at radius 2 is 1.42 bits per heavy atom. The molecule has 2 amide bonds. The maximum Gasteiger partial charge on any atom is 0.276 e. The molecule has 118 valence electrons. The van der Waals surface area contributed by atoms with Crippen LogP contribution in [0.1, 0.15) is 40.1 Å². The van der Waals surface area contributed by atoms with Crippen molar-refractivity contribution in [1.29, 1.82) is 0 Å². The normalized spacial score (nSPS) is 23.5. The van der Waals surface area contributed by atoms with Crippen LogP contribution in [-0.4, -0.2) is 33.4 Å². The van der Waals surface area contributed by atoms with Crippen LogP contribution >= 0.6 is 0 Å². The van der Waals surface area contributed by atoms with Gasteiger partial charge in [-0.05, 0) is 38.1 Å². The van der Waals surface area contributed by atoms with E-state index in [0.29, 0.717) is 11.1 Å². The predicted molar refractivity (Wildman–Crippen MR) is 90.0 cm³/mol. The Morgan fingerprint density at radius 1 is 0.875 bits per heavy atom. The average molecular weight is 316 g/mol. The fourth-order valence-electron chi connectivity index (χ4n) is 3.12. The van der Waals surface area contributed by atoms with Crippen molar-refractivity contribution >= 4 is 11.8 Å². The van der Waals surface area contributed by atoms with Crippen molar-refractivity contribution in [2.75, 3.05) is 0 Å². The molecule has 2 aliphatic rings. The number of benzene rings is 2. The van der Waals surface area contributed by atoms with Gasteiger partial charge >= 0.3 is 0 Å². The summed E-state index contributed by atoms with van der Waals surface area (Å²) in [6, 6.07) is 16.4. The van der Waals surface area contributed by atoms with E-state index >= 15 is 0 Å². The Labute approximate surface area is 140 Å². The van der Waals surface area contributed by atoms with Gasteiger partial charge in [0.15, 0.2) is 0 Å². The van der Waals surface area contributed by atoms with Crippen LogP contribution < -0.4 is 0 Å². The second kappa shape index (κ2) is 5.05. The summed E-state index contributed by atoms with van der Waals surface area (Å²) < 4.78 is 0. The molecule has 2 aromatic rings. The molecule has 0 N–H and O–H groups in total. The zero-order valence-electron chi connectivity index (χ0n) is 13.5. The van der Waals surface area contributed by atoms with Crippen LogP contribution in [0.4, 0.5) is 0 Å².